The van der Waals surface area contributed by atoms with Gasteiger partial charge in [-0.2, -0.15) is 4.40 Å². The van der Waals surface area contributed by atoms with Crippen molar-refractivity contribution in [1.82, 2.24) is 0 Å². The minimum absolute atomic E-state index is 0.770. The first-order valence-corrected chi connectivity index (χ1v) is 3.47. The van der Waals surface area contributed by atoms with E-state index in [-0.39, 0.29) is 0 Å². The smallest absolute Gasteiger partial charge is 0.281 e. The second kappa shape index (κ2) is 4.93. The lowest BCUT2D eigenvalue weighted by Gasteiger charge is -1.79. The standard InChI is InChI=1S/C4H9NO2S/c1-2-3-4-5-8(6)7/h4H,2-3H2,1H3,(H,6,7). The average Bonchev–Trinajstić information content (AvgIpc) is 1.66. The highest BCUT2D eigenvalue weighted by Gasteiger charge is 1.78. The number of hydrogen-bond donors (Lipinski definition) is 1. The summed E-state index contributed by atoms with van der Waals surface area (Å²) in [6, 6.07) is 0. The maximum atomic E-state index is 9.79. The highest BCUT2D eigenvalue weighted by Crippen LogP contribution is 1.81. The summed E-state index contributed by atoms with van der Waals surface area (Å²) in [5.41, 5.74) is 0. The van der Waals surface area contributed by atoms with E-state index in [0.717, 1.165) is 12.8 Å². The van der Waals surface area contributed by atoms with Crippen LogP contribution < -0.4 is 0 Å². The number of nitrogens with zero attached hydrogens (tertiary/aromatic N) is 1. The van der Waals surface area contributed by atoms with Gasteiger partial charge in [-0.1, -0.05) is 13.3 Å². The molecule has 0 aromatic rings. The molecule has 0 spiro atoms. The molecule has 0 aromatic heterocycles. The van der Waals surface area contributed by atoms with Crippen LogP contribution in [-0.2, 0) is 11.3 Å². The second-order valence-corrected chi connectivity index (χ2v) is 1.98. The summed E-state index contributed by atoms with van der Waals surface area (Å²) >= 11 is -2.00. The molecule has 1 unspecified atom stereocenters. The Labute approximate surface area is 51.2 Å². The van der Waals surface area contributed by atoms with Crippen LogP contribution in [-0.4, -0.2) is 15.0 Å². The van der Waals surface area contributed by atoms with Gasteiger partial charge >= 0.3 is 0 Å². The minimum atomic E-state index is -2.00. The fourth-order valence-corrected chi connectivity index (χ4v) is 0.479. The molecule has 0 radical (unpaired) electrons. The van der Waals surface area contributed by atoms with Gasteiger partial charge in [-0.25, -0.2) is 4.21 Å². The third-order valence-corrected chi connectivity index (χ3v) is 0.912. The van der Waals surface area contributed by atoms with Crippen molar-refractivity contribution in [2.45, 2.75) is 19.8 Å². The van der Waals surface area contributed by atoms with E-state index in [1.54, 1.807) is 0 Å². The summed E-state index contributed by atoms with van der Waals surface area (Å²) < 4.78 is 21.1. The normalized spacial score (nSPS) is 14.8. The Morgan fingerprint density at radius 1 is 1.88 bits per heavy atom. The van der Waals surface area contributed by atoms with Crippen LogP contribution in [0, 0.1) is 0 Å². The highest BCUT2D eigenvalue weighted by molar-refractivity contribution is 7.77. The number of rotatable bonds is 3. The Balaban J connectivity index is 3.20. The molecule has 0 saturated carbocycles. The molecule has 0 bridgehead atoms. The van der Waals surface area contributed by atoms with Crippen LogP contribution in [0.4, 0.5) is 0 Å². The number of hydrogen-bond acceptors (Lipinski definition) is 1. The average molecular weight is 135 g/mol. The lowest BCUT2D eigenvalue weighted by atomic mass is 10.4. The first-order valence-electron chi connectivity index (χ1n) is 2.41. The van der Waals surface area contributed by atoms with Gasteiger partial charge in [0.05, 0.1) is 0 Å². The molecule has 0 rings (SSSR count). The van der Waals surface area contributed by atoms with Gasteiger partial charge in [0.2, 0.25) is 0 Å². The lowest BCUT2D eigenvalue weighted by molar-refractivity contribution is 0.566. The molecule has 4 heteroatoms. The Hall–Kier alpha value is -0.220. The van der Waals surface area contributed by atoms with Crippen molar-refractivity contribution in [3.05, 3.63) is 0 Å². The molecule has 8 heavy (non-hydrogen) atoms. The van der Waals surface area contributed by atoms with Gasteiger partial charge in [0, 0.05) is 6.21 Å². The van der Waals surface area contributed by atoms with Gasteiger partial charge in [0.15, 0.2) is 0 Å². The van der Waals surface area contributed by atoms with E-state index in [9.17, 15) is 4.21 Å². The second-order valence-electron chi connectivity index (χ2n) is 1.31. The van der Waals surface area contributed by atoms with Crippen molar-refractivity contribution in [2.24, 2.45) is 4.40 Å². The van der Waals surface area contributed by atoms with Crippen molar-refractivity contribution in [2.75, 3.05) is 0 Å². The van der Waals surface area contributed by atoms with Crippen LogP contribution in [0.1, 0.15) is 19.8 Å². The molecule has 0 aliphatic heterocycles. The quantitative estimate of drug-likeness (QED) is 0.463. The van der Waals surface area contributed by atoms with E-state index < -0.39 is 11.3 Å². The van der Waals surface area contributed by atoms with Gasteiger partial charge < -0.3 is 0 Å². The Morgan fingerprint density at radius 3 is 2.88 bits per heavy atom. The predicted octanol–water partition coefficient (Wildman–Crippen LogP) is 0.994. The summed E-state index contributed by atoms with van der Waals surface area (Å²) in [5.74, 6) is 0. The van der Waals surface area contributed by atoms with E-state index in [0.29, 0.717) is 0 Å². The van der Waals surface area contributed by atoms with Gasteiger partial charge in [0.25, 0.3) is 11.3 Å². The van der Waals surface area contributed by atoms with Crippen LogP contribution in [0.3, 0.4) is 0 Å². The van der Waals surface area contributed by atoms with E-state index >= 15 is 0 Å². The van der Waals surface area contributed by atoms with Gasteiger partial charge in [-0.05, 0) is 6.42 Å². The maximum absolute atomic E-state index is 9.79. The van der Waals surface area contributed by atoms with Crippen LogP contribution in [0.15, 0.2) is 4.40 Å². The Morgan fingerprint density at radius 2 is 2.50 bits per heavy atom. The first kappa shape index (κ1) is 7.78. The van der Waals surface area contributed by atoms with Crippen molar-refractivity contribution < 1.29 is 8.76 Å². The molecule has 1 N–H and O–H groups in total. The lowest BCUT2D eigenvalue weighted by Crippen LogP contribution is -1.79. The Bertz CT molecular complexity index is 102. The van der Waals surface area contributed by atoms with Crippen LogP contribution in [0.2, 0.25) is 0 Å². The van der Waals surface area contributed by atoms with E-state index in [1.807, 2.05) is 6.92 Å². The molecular formula is C4H9NO2S. The van der Waals surface area contributed by atoms with Gasteiger partial charge in [-0.3, -0.25) is 4.55 Å². The summed E-state index contributed by atoms with van der Waals surface area (Å²) in [4.78, 5) is 0. The molecule has 3 nitrogen and oxygen atoms in total. The molecule has 0 saturated heterocycles. The fourth-order valence-electron chi connectivity index (χ4n) is 0.246. The van der Waals surface area contributed by atoms with Crippen LogP contribution in [0.25, 0.3) is 0 Å². The Kier molecular flexibility index (Phi) is 4.79. The van der Waals surface area contributed by atoms with Gasteiger partial charge in [-0.15, -0.1) is 0 Å². The third kappa shape index (κ3) is 5.78. The van der Waals surface area contributed by atoms with Crippen molar-refractivity contribution >= 4 is 17.5 Å². The molecule has 1 atom stereocenters. The molecule has 0 fully saturated rings. The van der Waals surface area contributed by atoms with Crippen molar-refractivity contribution in [3.63, 3.8) is 0 Å². The highest BCUT2D eigenvalue weighted by atomic mass is 32.2. The summed E-state index contributed by atoms with van der Waals surface area (Å²) in [5, 5.41) is 0. The number of unbranched alkanes of at least 4 members (excludes halogenated alkanes) is 1. The molecule has 0 heterocycles. The van der Waals surface area contributed by atoms with E-state index in [4.69, 9.17) is 4.55 Å². The molecule has 48 valence electrons. The molecule has 0 aliphatic carbocycles. The van der Waals surface area contributed by atoms with Gasteiger partial charge in [0.1, 0.15) is 0 Å². The maximum Gasteiger partial charge on any atom is 0.281 e. The van der Waals surface area contributed by atoms with Crippen LogP contribution in [0.5, 0.6) is 0 Å². The summed E-state index contributed by atoms with van der Waals surface area (Å²) in [6.07, 6.45) is 3.18. The fraction of sp³-hybridized carbons (Fsp3) is 0.750. The zero-order valence-electron chi connectivity index (χ0n) is 4.70. The van der Waals surface area contributed by atoms with E-state index in [2.05, 4.69) is 4.40 Å². The molecule has 0 amide bonds. The molecule has 0 aromatic carbocycles. The predicted molar refractivity (Wildman–Crippen MR) is 34.2 cm³/mol. The van der Waals surface area contributed by atoms with Crippen LogP contribution >= 0.6 is 0 Å². The minimum Gasteiger partial charge on any atom is -0.288 e. The molecule has 0 aliphatic rings. The molecular weight excluding hydrogens is 126 g/mol. The largest absolute Gasteiger partial charge is 0.288 e. The zero-order valence-corrected chi connectivity index (χ0v) is 5.52. The first-order chi connectivity index (χ1) is 3.77. The third-order valence-electron chi connectivity index (χ3n) is 0.582. The monoisotopic (exact) mass is 135 g/mol. The van der Waals surface area contributed by atoms with Crippen molar-refractivity contribution in [1.29, 1.82) is 0 Å². The zero-order chi connectivity index (χ0) is 6.41. The SMILES string of the molecule is CCCC=NS(=O)O. The summed E-state index contributed by atoms with van der Waals surface area (Å²) in [6.45, 7) is 1.98. The topological polar surface area (TPSA) is 49.7 Å². The van der Waals surface area contributed by atoms with E-state index in [1.165, 1.54) is 6.21 Å². The summed E-state index contributed by atoms with van der Waals surface area (Å²) in [7, 11) is 0. The van der Waals surface area contributed by atoms with Crippen molar-refractivity contribution in [3.8, 4) is 0 Å².